The van der Waals surface area contributed by atoms with E-state index in [9.17, 15) is 19.8 Å². The predicted molar refractivity (Wildman–Crippen MR) is 160 cm³/mol. The second-order valence-corrected chi connectivity index (χ2v) is 11.6. The van der Waals surface area contributed by atoms with E-state index in [1.165, 1.54) is 0 Å². The van der Waals surface area contributed by atoms with Crippen LogP contribution in [0.1, 0.15) is 29.9 Å². The molecule has 6 nitrogen and oxygen atoms in total. The third kappa shape index (κ3) is 4.57. The Morgan fingerprint density at radius 1 is 0.821 bits per heavy atom. The highest BCUT2D eigenvalue weighted by Crippen LogP contribution is 2.45. The molecule has 2 aliphatic rings. The van der Waals surface area contributed by atoms with Gasteiger partial charge in [-0.3, -0.25) is 9.59 Å². The molecule has 2 heterocycles. The van der Waals surface area contributed by atoms with Crippen molar-refractivity contribution < 1.29 is 19.8 Å². The van der Waals surface area contributed by atoms with Crippen molar-refractivity contribution in [2.45, 2.75) is 25.2 Å². The lowest BCUT2D eigenvalue weighted by molar-refractivity contribution is -0.118. The van der Waals surface area contributed by atoms with Crippen LogP contribution < -0.4 is 9.80 Å². The minimum Gasteiger partial charge on any atom is -0.507 e. The molecule has 4 aromatic carbocycles. The van der Waals surface area contributed by atoms with E-state index in [0.29, 0.717) is 43.3 Å². The van der Waals surface area contributed by atoms with E-state index in [4.69, 9.17) is 11.6 Å². The Bertz CT molecular complexity index is 1610. The number of carbonyl (C=O) groups is 2. The quantitative estimate of drug-likeness (QED) is 0.208. The number of phenolic OH excluding ortho intramolecular Hbond substituents is 2. The Hall–Kier alpha value is -3.42. The van der Waals surface area contributed by atoms with E-state index < -0.39 is 0 Å². The average Bonchev–Trinajstić information content (AvgIpc) is 3.55. The Balaban J connectivity index is 1.06. The van der Waals surface area contributed by atoms with Gasteiger partial charge in [0, 0.05) is 72.1 Å². The third-order valence-corrected chi connectivity index (χ3v) is 9.20. The van der Waals surface area contributed by atoms with Gasteiger partial charge in [0.2, 0.25) is 11.8 Å². The lowest BCUT2D eigenvalue weighted by Gasteiger charge is -2.19. The van der Waals surface area contributed by atoms with E-state index in [1.54, 1.807) is 33.7 Å². The summed E-state index contributed by atoms with van der Waals surface area (Å²) in [7, 11) is 0. The van der Waals surface area contributed by atoms with E-state index >= 15 is 0 Å². The molecular weight excluding hydrogens is 532 g/mol. The molecule has 39 heavy (non-hydrogen) atoms. The molecule has 0 fully saturated rings. The summed E-state index contributed by atoms with van der Waals surface area (Å²) in [4.78, 5) is 29.7. The van der Waals surface area contributed by atoms with Crippen LogP contribution >= 0.6 is 23.4 Å². The number of nitrogens with zero attached hydrogens (tertiary/aromatic N) is 2. The molecule has 200 valence electrons. The van der Waals surface area contributed by atoms with Gasteiger partial charge in [-0.05, 0) is 28.3 Å². The summed E-state index contributed by atoms with van der Waals surface area (Å²) >= 11 is 7.88. The van der Waals surface area contributed by atoms with E-state index in [-0.39, 0.29) is 29.2 Å². The minimum absolute atomic E-state index is 0.00630. The maximum atomic E-state index is 13.2. The van der Waals surface area contributed by atoms with Crippen molar-refractivity contribution in [3.63, 3.8) is 0 Å². The monoisotopic (exact) mass is 560 g/mol. The fourth-order valence-electron chi connectivity index (χ4n) is 5.99. The first-order chi connectivity index (χ1) is 19.0. The highest BCUT2D eigenvalue weighted by Gasteiger charge is 2.34. The molecule has 2 amide bonds. The van der Waals surface area contributed by atoms with Crippen molar-refractivity contribution in [2.75, 3.05) is 40.3 Å². The molecule has 0 radical (unpaired) electrons. The van der Waals surface area contributed by atoms with Gasteiger partial charge in [-0.2, -0.15) is 11.8 Å². The summed E-state index contributed by atoms with van der Waals surface area (Å²) in [5, 5.41) is 24.6. The summed E-state index contributed by atoms with van der Waals surface area (Å²) in [5.41, 5.74) is 3.67. The summed E-state index contributed by atoms with van der Waals surface area (Å²) in [5.74, 6) is 2.01. The second kappa shape index (κ2) is 10.6. The number of carbonyl (C=O) groups excluding carboxylic acids is 2. The van der Waals surface area contributed by atoms with Gasteiger partial charge in [0.05, 0.1) is 11.4 Å². The first kappa shape index (κ1) is 25.8. The highest BCUT2D eigenvalue weighted by molar-refractivity contribution is 7.99. The number of aromatic hydroxyl groups is 2. The van der Waals surface area contributed by atoms with Gasteiger partial charge in [0.15, 0.2) is 0 Å². The molecule has 0 aromatic heterocycles. The van der Waals surface area contributed by atoms with Gasteiger partial charge < -0.3 is 20.0 Å². The molecule has 0 saturated carbocycles. The van der Waals surface area contributed by atoms with Gasteiger partial charge in [-0.1, -0.05) is 48.5 Å². The standard InChI is InChI=1S/C31H29ClN2O4S/c32-17-19-18-34(26-16-28(36)23-7-3-4-8-24(23)31(19)26)30(38)11-14-39-13-10-29(37)33-12-9-21-20-5-1-2-6-22(20)27(35)15-25(21)33/h1-8,15-16,19,35-36H,9-14,17-18H2/t19-/m1/s1. The molecule has 0 aliphatic carbocycles. The maximum absolute atomic E-state index is 13.2. The molecule has 0 saturated heterocycles. The number of thioether (sulfide) groups is 1. The average molecular weight is 561 g/mol. The van der Waals surface area contributed by atoms with E-state index in [2.05, 4.69) is 0 Å². The Labute approximate surface area is 236 Å². The van der Waals surface area contributed by atoms with Crippen LogP contribution in [0.4, 0.5) is 11.4 Å². The predicted octanol–water partition coefficient (Wildman–Crippen LogP) is 6.18. The molecule has 4 aromatic rings. The summed E-state index contributed by atoms with van der Waals surface area (Å²) in [6.45, 7) is 1.12. The fraction of sp³-hybridized carbons (Fsp3) is 0.290. The van der Waals surface area contributed by atoms with Crippen LogP contribution in [0.5, 0.6) is 11.5 Å². The molecule has 0 unspecified atom stereocenters. The van der Waals surface area contributed by atoms with Crippen molar-refractivity contribution in [3.8, 4) is 11.5 Å². The second-order valence-electron chi connectivity index (χ2n) is 10.1. The molecule has 2 aliphatic heterocycles. The van der Waals surface area contributed by atoms with Gasteiger partial charge in [0.25, 0.3) is 0 Å². The zero-order valence-electron chi connectivity index (χ0n) is 21.4. The van der Waals surface area contributed by atoms with Gasteiger partial charge in [0.1, 0.15) is 11.5 Å². The number of alkyl halides is 1. The largest absolute Gasteiger partial charge is 0.507 e. The zero-order chi connectivity index (χ0) is 27.1. The highest BCUT2D eigenvalue weighted by atomic mass is 35.5. The van der Waals surface area contributed by atoms with Crippen LogP contribution in [0.25, 0.3) is 21.5 Å². The fourth-order valence-corrected chi connectivity index (χ4v) is 7.08. The molecule has 2 N–H and O–H groups in total. The van der Waals surface area contributed by atoms with Crippen LogP contribution in [0.15, 0.2) is 60.7 Å². The number of fused-ring (bicyclic) bond motifs is 6. The van der Waals surface area contributed by atoms with Gasteiger partial charge in [-0.15, -0.1) is 11.6 Å². The minimum atomic E-state index is -0.00630. The van der Waals surface area contributed by atoms with Gasteiger partial charge in [-0.25, -0.2) is 0 Å². The smallest absolute Gasteiger partial charge is 0.227 e. The van der Waals surface area contributed by atoms with Crippen LogP contribution in [-0.4, -0.2) is 52.5 Å². The lowest BCUT2D eigenvalue weighted by Crippen LogP contribution is -2.30. The summed E-state index contributed by atoms with van der Waals surface area (Å²) in [6.07, 6.45) is 1.48. The van der Waals surface area contributed by atoms with E-state index in [0.717, 1.165) is 50.5 Å². The third-order valence-electron chi connectivity index (χ3n) is 7.84. The van der Waals surface area contributed by atoms with Crippen LogP contribution in [0, 0.1) is 0 Å². The first-order valence-corrected chi connectivity index (χ1v) is 14.9. The number of benzene rings is 4. The van der Waals surface area contributed by atoms with Crippen LogP contribution in [-0.2, 0) is 16.0 Å². The van der Waals surface area contributed by atoms with E-state index in [1.807, 2.05) is 48.5 Å². The number of hydrogen-bond acceptors (Lipinski definition) is 5. The van der Waals surface area contributed by atoms with Crippen LogP contribution in [0.2, 0.25) is 0 Å². The number of halogens is 1. The number of anilines is 2. The summed E-state index contributed by atoms with van der Waals surface area (Å²) < 4.78 is 0. The van der Waals surface area contributed by atoms with Crippen molar-refractivity contribution in [2.24, 2.45) is 0 Å². The molecule has 8 heteroatoms. The van der Waals surface area contributed by atoms with Gasteiger partial charge >= 0.3 is 0 Å². The first-order valence-electron chi connectivity index (χ1n) is 13.2. The van der Waals surface area contributed by atoms with Crippen molar-refractivity contribution in [3.05, 3.63) is 71.8 Å². The topological polar surface area (TPSA) is 81.1 Å². The Morgan fingerprint density at radius 2 is 1.38 bits per heavy atom. The number of phenols is 2. The summed E-state index contributed by atoms with van der Waals surface area (Å²) in [6, 6.07) is 18.8. The molecule has 0 spiro atoms. The SMILES string of the molecule is O=C(CCSCCC(=O)N1C[C@@H](CCl)c2c1cc(O)c1ccccc21)N1CCc2c1cc(O)c1ccccc21. The number of amides is 2. The number of rotatable bonds is 7. The molecule has 0 bridgehead atoms. The van der Waals surface area contributed by atoms with Crippen molar-refractivity contribution in [1.82, 2.24) is 0 Å². The Kier molecular flexibility index (Phi) is 7.04. The molecular formula is C31H29ClN2O4S. The Morgan fingerprint density at radius 3 is 2.05 bits per heavy atom. The molecule has 6 rings (SSSR count). The maximum Gasteiger partial charge on any atom is 0.227 e. The lowest BCUT2D eigenvalue weighted by atomic mass is 9.95. The molecule has 1 atom stereocenters. The van der Waals surface area contributed by atoms with Crippen molar-refractivity contribution >= 4 is 68.1 Å². The number of hydrogen-bond donors (Lipinski definition) is 2. The van der Waals surface area contributed by atoms with Crippen molar-refractivity contribution in [1.29, 1.82) is 0 Å². The normalized spacial score (nSPS) is 16.2. The van der Waals surface area contributed by atoms with Crippen LogP contribution in [0.3, 0.4) is 0 Å². The zero-order valence-corrected chi connectivity index (χ0v) is 23.0.